The molecule has 0 aromatic rings. The molecule has 6 nitrogen and oxygen atoms in total. The molecule has 2 saturated heterocycles. The molecule has 6 heteroatoms. The van der Waals surface area contributed by atoms with Gasteiger partial charge in [-0.25, -0.2) is 4.79 Å². The van der Waals surface area contributed by atoms with E-state index in [0.29, 0.717) is 19.5 Å². The van der Waals surface area contributed by atoms with Gasteiger partial charge in [-0.15, -0.1) is 0 Å². The molecule has 0 aromatic heterocycles. The highest BCUT2D eigenvalue weighted by atomic mass is 16.6. The minimum Gasteiger partial charge on any atom is -0.444 e. The molecular weight excluding hydrogens is 344 g/mol. The molecule has 2 aliphatic heterocycles. The Morgan fingerprint density at radius 1 is 1.30 bits per heavy atom. The van der Waals surface area contributed by atoms with Crippen LogP contribution in [-0.4, -0.2) is 41.5 Å². The lowest BCUT2D eigenvalue weighted by molar-refractivity contribution is -0.127. The maximum Gasteiger partial charge on any atom is 0.410 e. The highest BCUT2D eigenvalue weighted by molar-refractivity contribution is 6.10. The molecule has 0 spiro atoms. The van der Waals surface area contributed by atoms with Crippen molar-refractivity contribution in [1.82, 2.24) is 10.2 Å². The average molecular weight is 374 g/mol. The first kappa shape index (κ1) is 19.6. The third-order valence-corrected chi connectivity index (χ3v) is 5.73. The van der Waals surface area contributed by atoms with Gasteiger partial charge in [-0.05, 0) is 46.0 Å². The first-order valence-electron chi connectivity index (χ1n) is 9.90. The number of carbonyl (C=O) groups is 3. The highest BCUT2D eigenvalue weighted by Gasteiger charge is 2.56. The van der Waals surface area contributed by atoms with Crippen LogP contribution in [-0.2, 0) is 14.3 Å². The first-order valence-corrected chi connectivity index (χ1v) is 9.90. The van der Waals surface area contributed by atoms with Gasteiger partial charge in [0.1, 0.15) is 5.60 Å². The zero-order chi connectivity index (χ0) is 19.8. The normalized spacial score (nSPS) is 28.7. The number of imide groups is 1. The number of carbonyl (C=O) groups excluding carboxylic acids is 3. The average Bonchev–Trinajstić information content (AvgIpc) is 2.84. The zero-order valence-corrected chi connectivity index (χ0v) is 16.7. The summed E-state index contributed by atoms with van der Waals surface area (Å²) in [6, 6.07) is 0. The fourth-order valence-electron chi connectivity index (χ4n) is 4.56. The van der Waals surface area contributed by atoms with Crippen molar-refractivity contribution >= 4 is 17.9 Å². The topological polar surface area (TPSA) is 75.7 Å². The Kier molecular flexibility index (Phi) is 5.19. The van der Waals surface area contributed by atoms with E-state index in [1.54, 1.807) is 4.90 Å². The molecule has 1 N–H and O–H groups in total. The predicted octanol–water partition coefficient (Wildman–Crippen LogP) is 3.19. The summed E-state index contributed by atoms with van der Waals surface area (Å²) in [5.41, 5.74) is -0.205. The number of hydrogen-bond donors (Lipinski definition) is 1. The van der Waals surface area contributed by atoms with Gasteiger partial charge in [0.05, 0.1) is 11.3 Å². The molecule has 0 saturated carbocycles. The second-order valence-electron chi connectivity index (χ2n) is 8.81. The van der Waals surface area contributed by atoms with Crippen molar-refractivity contribution in [2.75, 3.05) is 13.1 Å². The maximum atomic E-state index is 12.6. The highest BCUT2D eigenvalue weighted by Crippen LogP contribution is 2.49. The smallest absolute Gasteiger partial charge is 0.410 e. The number of piperidine rings is 1. The van der Waals surface area contributed by atoms with E-state index in [1.165, 1.54) is 0 Å². The van der Waals surface area contributed by atoms with E-state index < -0.39 is 16.9 Å². The van der Waals surface area contributed by atoms with E-state index in [0.717, 1.165) is 24.8 Å². The van der Waals surface area contributed by atoms with Crippen LogP contribution in [0.4, 0.5) is 4.79 Å². The summed E-state index contributed by atoms with van der Waals surface area (Å²) in [4.78, 5) is 39.2. The molecule has 1 aliphatic carbocycles. The van der Waals surface area contributed by atoms with Crippen molar-refractivity contribution in [2.24, 2.45) is 17.3 Å². The number of fused-ring (bicyclic) bond motifs is 1. The third kappa shape index (κ3) is 3.66. The van der Waals surface area contributed by atoms with Crippen molar-refractivity contribution in [3.8, 4) is 0 Å². The van der Waals surface area contributed by atoms with E-state index in [-0.39, 0.29) is 23.8 Å². The van der Waals surface area contributed by atoms with Crippen molar-refractivity contribution in [3.05, 3.63) is 23.8 Å². The SMILES string of the molecule is CCCC12C=CC=C(C3CCN(C(=O)OC(C)(C)C)CC3)C1C(=O)NC2=O. The van der Waals surface area contributed by atoms with Crippen molar-refractivity contribution in [3.63, 3.8) is 0 Å². The van der Waals surface area contributed by atoms with E-state index in [2.05, 4.69) is 5.32 Å². The minimum atomic E-state index is -0.738. The number of allylic oxidation sites excluding steroid dienone is 2. The Balaban J connectivity index is 1.72. The van der Waals surface area contributed by atoms with Gasteiger partial charge in [-0.2, -0.15) is 0 Å². The Bertz CT molecular complexity index is 695. The summed E-state index contributed by atoms with van der Waals surface area (Å²) in [7, 11) is 0. The van der Waals surface area contributed by atoms with E-state index in [9.17, 15) is 14.4 Å². The second kappa shape index (κ2) is 7.13. The lowest BCUT2D eigenvalue weighted by Gasteiger charge is -2.39. The first-order chi connectivity index (χ1) is 12.7. The number of likely N-dealkylation sites (tertiary alicyclic amines) is 1. The van der Waals surface area contributed by atoms with Gasteiger partial charge in [0, 0.05) is 13.1 Å². The fourth-order valence-corrected chi connectivity index (χ4v) is 4.56. The Morgan fingerprint density at radius 2 is 1.96 bits per heavy atom. The van der Waals surface area contributed by atoms with Gasteiger partial charge in [0.25, 0.3) is 0 Å². The number of nitrogens with one attached hydrogen (secondary N) is 1. The van der Waals surface area contributed by atoms with Crippen LogP contribution in [0, 0.1) is 17.3 Å². The van der Waals surface area contributed by atoms with Crippen LogP contribution in [0.25, 0.3) is 0 Å². The van der Waals surface area contributed by atoms with Crippen molar-refractivity contribution in [1.29, 1.82) is 0 Å². The molecule has 0 bridgehead atoms. The van der Waals surface area contributed by atoms with E-state index in [4.69, 9.17) is 4.74 Å². The molecule has 3 amide bonds. The lowest BCUT2D eigenvalue weighted by Crippen LogP contribution is -2.44. The number of hydrogen-bond acceptors (Lipinski definition) is 4. The van der Waals surface area contributed by atoms with Gasteiger partial charge in [0.2, 0.25) is 11.8 Å². The monoisotopic (exact) mass is 374 g/mol. The molecular formula is C21H30N2O4. The van der Waals surface area contributed by atoms with Crippen molar-refractivity contribution < 1.29 is 19.1 Å². The summed E-state index contributed by atoms with van der Waals surface area (Å²) in [5, 5.41) is 2.55. The Labute approximate surface area is 161 Å². The number of nitrogens with zero attached hydrogens (tertiary/aromatic N) is 1. The van der Waals surface area contributed by atoms with Crippen LogP contribution >= 0.6 is 0 Å². The molecule has 0 aromatic carbocycles. The number of rotatable bonds is 3. The molecule has 2 heterocycles. The van der Waals surface area contributed by atoms with Crippen LogP contribution in [0.1, 0.15) is 53.4 Å². The Hall–Kier alpha value is -2.11. The van der Waals surface area contributed by atoms with Gasteiger partial charge < -0.3 is 9.64 Å². The quantitative estimate of drug-likeness (QED) is 0.770. The molecule has 148 valence electrons. The number of amides is 3. The van der Waals surface area contributed by atoms with Crippen LogP contribution in [0.5, 0.6) is 0 Å². The summed E-state index contributed by atoms with van der Waals surface area (Å²) in [5.74, 6) is -0.564. The molecule has 2 atom stereocenters. The summed E-state index contributed by atoms with van der Waals surface area (Å²) >= 11 is 0. The van der Waals surface area contributed by atoms with Crippen LogP contribution in [0.3, 0.4) is 0 Å². The van der Waals surface area contributed by atoms with Gasteiger partial charge in [-0.3, -0.25) is 14.9 Å². The summed E-state index contributed by atoms with van der Waals surface area (Å²) < 4.78 is 5.46. The molecule has 27 heavy (non-hydrogen) atoms. The van der Waals surface area contributed by atoms with E-state index in [1.807, 2.05) is 45.9 Å². The fraction of sp³-hybridized carbons (Fsp3) is 0.667. The third-order valence-electron chi connectivity index (χ3n) is 5.73. The number of ether oxygens (including phenoxy) is 1. The molecule has 3 aliphatic rings. The Morgan fingerprint density at radius 3 is 2.56 bits per heavy atom. The van der Waals surface area contributed by atoms with Crippen LogP contribution < -0.4 is 5.32 Å². The largest absolute Gasteiger partial charge is 0.444 e. The summed E-state index contributed by atoms with van der Waals surface area (Å²) in [6.07, 6.45) is 8.61. The lowest BCUT2D eigenvalue weighted by atomic mass is 9.64. The summed E-state index contributed by atoms with van der Waals surface area (Å²) in [6.45, 7) is 8.82. The van der Waals surface area contributed by atoms with Gasteiger partial charge in [-0.1, -0.05) is 37.1 Å². The molecule has 0 radical (unpaired) electrons. The van der Waals surface area contributed by atoms with Crippen molar-refractivity contribution in [2.45, 2.75) is 59.0 Å². The van der Waals surface area contributed by atoms with Crippen LogP contribution in [0.2, 0.25) is 0 Å². The van der Waals surface area contributed by atoms with Gasteiger partial charge >= 0.3 is 6.09 Å². The maximum absolute atomic E-state index is 12.6. The molecule has 2 unspecified atom stereocenters. The van der Waals surface area contributed by atoms with Crippen LogP contribution in [0.15, 0.2) is 23.8 Å². The van der Waals surface area contributed by atoms with Gasteiger partial charge in [0.15, 0.2) is 0 Å². The second-order valence-corrected chi connectivity index (χ2v) is 8.81. The molecule has 3 rings (SSSR count). The van der Waals surface area contributed by atoms with E-state index >= 15 is 0 Å². The molecule has 2 fully saturated rings. The minimum absolute atomic E-state index is 0.174. The standard InChI is InChI=1S/C21H30N2O4/c1-5-10-21-11-6-7-15(16(21)17(24)22-18(21)25)14-8-12-23(13-9-14)19(26)27-20(2,3)4/h6-7,11,14,16H,5,8-10,12-13H2,1-4H3,(H,22,24,25). The zero-order valence-electron chi connectivity index (χ0n) is 16.7. The predicted molar refractivity (Wildman–Crippen MR) is 102 cm³/mol.